The highest BCUT2D eigenvalue weighted by Crippen LogP contribution is 2.36. The van der Waals surface area contributed by atoms with Gasteiger partial charge in [0.15, 0.2) is 0 Å². The normalized spacial score (nSPS) is 14.8. The predicted molar refractivity (Wildman–Crippen MR) is 71.5 cm³/mol. The molecule has 112 valence electrons. The van der Waals surface area contributed by atoms with E-state index in [2.05, 4.69) is 0 Å². The van der Waals surface area contributed by atoms with Crippen molar-refractivity contribution in [3.63, 3.8) is 0 Å². The fourth-order valence-corrected chi connectivity index (χ4v) is 2.19. The van der Waals surface area contributed by atoms with Gasteiger partial charge in [-0.25, -0.2) is 4.39 Å². The highest BCUT2D eigenvalue weighted by molar-refractivity contribution is 6.30. The van der Waals surface area contributed by atoms with Crippen LogP contribution in [0.1, 0.15) is 23.6 Å². The Bertz CT molecular complexity index is 665. The third kappa shape index (κ3) is 3.19. The van der Waals surface area contributed by atoms with Gasteiger partial charge in [-0.1, -0.05) is 29.8 Å². The number of hydrogen-bond acceptors (Lipinski definition) is 1. The molecule has 1 atom stereocenters. The van der Waals surface area contributed by atoms with Crippen LogP contribution < -0.4 is 0 Å². The second kappa shape index (κ2) is 5.31. The maximum Gasteiger partial charge on any atom is 0.419 e. The molecule has 0 aliphatic heterocycles. The van der Waals surface area contributed by atoms with Gasteiger partial charge in [0.05, 0.1) is 5.56 Å². The van der Waals surface area contributed by atoms with Crippen LogP contribution in [-0.4, -0.2) is 5.11 Å². The van der Waals surface area contributed by atoms with Crippen molar-refractivity contribution in [3.05, 3.63) is 70.0 Å². The summed E-state index contributed by atoms with van der Waals surface area (Å²) < 4.78 is 51.5. The Morgan fingerprint density at radius 1 is 1.00 bits per heavy atom. The molecule has 0 fully saturated rings. The van der Waals surface area contributed by atoms with Crippen molar-refractivity contribution < 1.29 is 22.7 Å². The van der Waals surface area contributed by atoms with Crippen molar-refractivity contribution in [2.45, 2.75) is 18.7 Å². The molecule has 21 heavy (non-hydrogen) atoms. The minimum absolute atomic E-state index is 0.0708. The molecule has 1 unspecified atom stereocenters. The van der Waals surface area contributed by atoms with Gasteiger partial charge < -0.3 is 5.11 Å². The molecule has 0 spiro atoms. The summed E-state index contributed by atoms with van der Waals surface area (Å²) in [5, 5.41) is 10.9. The average molecular weight is 319 g/mol. The highest BCUT2D eigenvalue weighted by Gasteiger charge is 2.36. The first kappa shape index (κ1) is 15.8. The number of hydrogen-bond donors (Lipinski definition) is 1. The zero-order valence-corrected chi connectivity index (χ0v) is 11.6. The number of alkyl halides is 3. The van der Waals surface area contributed by atoms with E-state index in [9.17, 15) is 22.7 Å². The lowest BCUT2D eigenvalue weighted by atomic mass is 9.87. The summed E-state index contributed by atoms with van der Waals surface area (Å²) in [6.07, 6.45) is -4.83. The SMILES string of the molecule is CC(O)(c1cccc(Cl)c1)c1ccc(F)c(C(F)(F)F)c1. The van der Waals surface area contributed by atoms with Crippen LogP contribution in [0.2, 0.25) is 5.02 Å². The first-order valence-corrected chi connectivity index (χ1v) is 6.36. The van der Waals surface area contributed by atoms with Crippen LogP contribution in [0, 0.1) is 5.82 Å². The van der Waals surface area contributed by atoms with Crippen molar-refractivity contribution in [2.75, 3.05) is 0 Å². The molecule has 2 rings (SSSR count). The number of rotatable bonds is 2. The molecule has 1 N–H and O–H groups in total. The van der Waals surface area contributed by atoms with Crippen molar-refractivity contribution in [2.24, 2.45) is 0 Å². The number of benzene rings is 2. The van der Waals surface area contributed by atoms with Crippen molar-refractivity contribution in [1.29, 1.82) is 0 Å². The van der Waals surface area contributed by atoms with Gasteiger partial charge in [-0.05, 0) is 42.3 Å². The van der Waals surface area contributed by atoms with Crippen molar-refractivity contribution in [3.8, 4) is 0 Å². The third-order valence-corrected chi connectivity index (χ3v) is 3.46. The summed E-state index contributed by atoms with van der Waals surface area (Å²) in [5.74, 6) is -1.38. The van der Waals surface area contributed by atoms with Crippen LogP contribution in [0.4, 0.5) is 17.6 Å². The topological polar surface area (TPSA) is 20.2 Å². The smallest absolute Gasteiger partial charge is 0.381 e. The first-order valence-electron chi connectivity index (χ1n) is 5.98. The fourth-order valence-electron chi connectivity index (χ4n) is 2.00. The van der Waals surface area contributed by atoms with Gasteiger partial charge in [0.1, 0.15) is 11.4 Å². The summed E-state index contributed by atoms with van der Waals surface area (Å²) in [7, 11) is 0. The largest absolute Gasteiger partial charge is 0.419 e. The number of halogens is 5. The molecule has 0 bridgehead atoms. The van der Waals surface area contributed by atoms with E-state index in [0.717, 1.165) is 6.07 Å². The molecule has 0 heterocycles. The Hall–Kier alpha value is -1.59. The van der Waals surface area contributed by atoms with E-state index in [1.165, 1.54) is 19.1 Å². The Labute approximate surface area is 123 Å². The zero-order chi connectivity index (χ0) is 15.8. The molecule has 0 saturated carbocycles. The van der Waals surface area contributed by atoms with Gasteiger partial charge in [0, 0.05) is 5.02 Å². The van der Waals surface area contributed by atoms with Gasteiger partial charge >= 0.3 is 6.18 Å². The summed E-state index contributed by atoms with van der Waals surface area (Å²) in [6, 6.07) is 8.53. The summed E-state index contributed by atoms with van der Waals surface area (Å²) in [6.45, 7) is 1.33. The second-order valence-corrected chi connectivity index (χ2v) is 5.21. The molecular formula is C15H11ClF4O. The van der Waals surface area contributed by atoms with Crippen LogP contribution in [-0.2, 0) is 11.8 Å². The van der Waals surface area contributed by atoms with Crippen LogP contribution in [0.25, 0.3) is 0 Å². The minimum Gasteiger partial charge on any atom is -0.381 e. The Morgan fingerprint density at radius 3 is 2.19 bits per heavy atom. The van der Waals surface area contributed by atoms with Crippen LogP contribution in [0.15, 0.2) is 42.5 Å². The highest BCUT2D eigenvalue weighted by atomic mass is 35.5. The second-order valence-electron chi connectivity index (χ2n) is 4.77. The van der Waals surface area contributed by atoms with Gasteiger partial charge in [0.2, 0.25) is 0 Å². The molecule has 0 radical (unpaired) electrons. The summed E-state index contributed by atoms with van der Waals surface area (Å²) in [5.41, 5.74) is -2.89. The molecule has 0 aliphatic carbocycles. The Balaban J connectivity index is 2.55. The maximum absolute atomic E-state index is 13.3. The van der Waals surface area contributed by atoms with Crippen molar-refractivity contribution >= 4 is 11.6 Å². The minimum atomic E-state index is -4.83. The van der Waals surface area contributed by atoms with Crippen LogP contribution >= 0.6 is 11.6 Å². The maximum atomic E-state index is 13.3. The molecule has 2 aromatic rings. The van der Waals surface area contributed by atoms with E-state index in [0.29, 0.717) is 22.7 Å². The number of aliphatic hydroxyl groups is 1. The van der Waals surface area contributed by atoms with Gasteiger partial charge in [-0.15, -0.1) is 0 Å². The molecule has 0 aromatic heterocycles. The average Bonchev–Trinajstić information content (AvgIpc) is 2.37. The van der Waals surface area contributed by atoms with Gasteiger partial charge in [-0.3, -0.25) is 0 Å². The molecule has 0 amide bonds. The third-order valence-electron chi connectivity index (χ3n) is 3.22. The van der Waals surface area contributed by atoms with E-state index < -0.39 is 23.2 Å². The first-order chi connectivity index (χ1) is 9.62. The quantitative estimate of drug-likeness (QED) is 0.792. The lowest BCUT2D eigenvalue weighted by Crippen LogP contribution is -2.24. The van der Waals surface area contributed by atoms with Crippen molar-refractivity contribution in [1.82, 2.24) is 0 Å². The van der Waals surface area contributed by atoms with Gasteiger partial charge in [0.25, 0.3) is 0 Å². The molecule has 1 nitrogen and oxygen atoms in total. The molecule has 0 saturated heterocycles. The standard InChI is InChI=1S/C15H11ClF4O/c1-14(21,9-3-2-4-11(16)7-9)10-5-6-13(17)12(8-10)15(18,19)20/h2-8,21H,1H3. The lowest BCUT2D eigenvalue weighted by Gasteiger charge is -2.25. The Morgan fingerprint density at radius 2 is 1.62 bits per heavy atom. The fraction of sp³-hybridized carbons (Fsp3) is 0.200. The van der Waals surface area contributed by atoms with Crippen LogP contribution in [0.3, 0.4) is 0 Å². The van der Waals surface area contributed by atoms with E-state index in [1.54, 1.807) is 12.1 Å². The zero-order valence-electron chi connectivity index (χ0n) is 10.9. The molecular weight excluding hydrogens is 308 g/mol. The summed E-state index contributed by atoms with van der Waals surface area (Å²) >= 11 is 5.82. The van der Waals surface area contributed by atoms with E-state index >= 15 is 0 Å². The van der Waals surface area contributed by atoms with Gasteiger partial charge in [-0.2, -0.15) is 13.2 Å². The van der Waals surface area contributed by atoms with E-state index in [1.807, 2.05) is 0 Å². The monoisotopic (exact) mass is 318 g/mol. The lowest BCUT2D eigenvalue weighted by molar-refractivity contribution is -0.140. The summed E-state index contributed by atoms with van der Waals surface area (Å²) in [4.78, 5) is 0. The Kier molecular flexibility index (Phi) is 4.00. The predicted octanol–water partition coefficient (Wildman–Crippen LogP) is 4.75. The van der Waals surface area contributed by atoms with E-state index in [4.69, 9.17) is 11.6 Å². The van der Waals surface area contributed by atoms with Crippen LogP contribution in [0.5, 0.6) is 0 Å². The molecule has 0 aliphatic rings. The molecule has 6 heteroatoms. The molecule has 2 aromatic carbocycles. The van der Waals surface area contributed by atoms with E-state index in [-0.39, 0.29) is 5.56 Å².